The third kappa shape index (κ3) is 4.07. The molecule has 2 aromatic rings. The van der Waals surface area contributed by atoms with Crippen molar-refractivity contribution in [3.8, 4) is 0 Å². The van der Waals surface area contributed by atoms with Gasteiger partial charge in [0.2, 0.25) is 5.13 Å². The van der Waals surface area contributed by atoms with Crippen LogP contribution in [0.4, 0.5) is 5.13 Å². The standard InChI is InChI=1S/C12H16N4OS2/c1-3-5-13-11-14-15-12(19-11)18-8-10(17)9-4-6-16(2)7-9/h4,6-7H,3,5,8H2,1-2H3,(H,13,14). The van der Waals surface area contributed by atoms with Crippen LogP contribution in [-0.2, 0) is 7.05 Å². The molecular formula is C12H16N4OS2. The Hall–Kier alpha value is -1.34. The molecule has 0 radical (unpaired) electrons. The second kappa shape index (κ2) is 6.72. The molecule has 0 unspecified atom stereocenters. The molecule has 0 fully saturated rings. The summed E-state index contributed by atoms with van der Waals surface area (Å²) in [6.45, 7) is 2.99. The van der Waals surface area contributed by atoms with Crippen molar-refractivity contribution >= 4 is 34.0 Å². The molecule has 0 amide bonds. The fraction of sp³-hybridized carbons (Fsp3) is 0.417. The Labute approximate surface area is 120 Å². The van der Waals surface area contributed by atoms with Gasteiger partial charge in [-0.05, 0) is 12.5 Å². The van der Waals surface area contributed by atoms with Crippen LogP contribution in [0.1, 0.15) is 23.7 Å². The topological polar surface area (TPSA) is 59.8 Å². The molecular weight excluding hydrogens is 280 g/mol. The Morgan fingerprint density at radius 1 is 1.53 bits per heavy atom. The molecule has 1 N–H and O–H groups in total. The lowest BCUT2D eigenvalue weighted by molar-refractivity contribution is 0.102. The number of rotatable bonds is 7. The Morgan fingerprint density at radius 2 is 2.37 bits per heavy atom. The highest BCUT2D eigenvalue weighted by Gasteiger charge is 2.10. The van der Waals surface area contributed by atoms with Gasteiger partial charge < -0.3 is 9.88 Å². The summed E-state index contributed by atoms with van der Waals surface area (Å²) < 4.78 is 2.69. The first-order valence-electron chi connectivity index (χ1n) is 6.04. The van der Waals surface area contributed by atoms with Gasteiger partial charge in [0.05, 0.1) is 5.75 Å². The van der Waals surface area contributed by atoms with Gasteiger partial charge in [-0.1, -0.05) is 30.0 Å². The molecule has 19 heavy (non-hydrogen) atoms. The van der Waals surface area contributed by atoms with Gasteiger partial charge in [-0.3, -0.25) is 4.79 Å². The van der Waals surface area contributed by atoms with Gasteiger partial charge in [0, 0.05) is 31.5 Å². The first-order chi connectivity index (χ1) is 9.19. The van der Waals surface area contributed by atoms with E-state index in [0.29, 0.717) is 5.75 Å². The second-order valence-electron chi connectivity index (χ2n) is 4.08. The van der Waals surface area contributed by atoms with E-state index in [1.54, 1.807) is 0 Å². The first-order valence-corrected chi connectivity index (χ1v) is 7.84. The average Bonchev–Trinajstić information content (AvgIpc) is 3.02. The number of thioether (sulfide) groups is 1. The number of anilines is 1. The monoisotopic (exact) mass is 296 g/mol. The number of carbonyl (C=O) groups excluding carboxylic acids is 1. The van der Waals surface area contributed by atoms with Gasteiger partial charge in [-0.2, -0.15) is 0 Å². The van der Waals surface area contributed by atoms with Gasteiger partial charge in [-0.15, -0.1) is 10.2 Å². The average molecular weight is 296 g/mol. The second-order valence-corrected chi connectivity index (χ2v) is 6.28. The summed E-state index contributed by atoms with van der Waals surface area (Å²) in [5.41, 5.74) is 0.740. The van der Waals surface area contributed by atoms with Crippen molar-refractivity contribution in [3.63, 3.8) is 0 Å². The summed E-state index contributed by atoms with van der Waals surface area (Å²) in [5, 5.41) is 12.1. The summed E-state index contributed by atoms with van der Waals surface area (Å²) in [6, 6.07) is 1.83. The van der Waals surface area contributed by atoms with Crippen molar-refractivity contribution in [2.24, 2.45) is 7.05 Å². The van der Waals surface area contributed by atoms with E-state index < -0.39 is 0 Å². The van der Waals surface area contributed by atoms with Crippen LogP contribution in [0.15, 0.2) is 22.8 Å². The molecule has 5 nitrogen and oxygen atoms in total. The first kappa shape index (κ1) is 14.1. The van der Waals surface area contributed by atoms with Crippen molar-refractivity contribution < 1.29 is 4.79 Å². The number of Topliss-reactive ketones (excluding diaryl/α,β-unsaturated/α-hetero) is 1. The maximum absolute atomic E-state index is 11.9. The molecule has 0 aliphatic rings. The van der Waals surface area contributed by atoms with E-state index in [4.69, 9.17) is 0 Å². The summed E-state index contributed by atoms with van der Waals surface area (Å²) in [6.07, 6.45) is 4.75. The lowest BCUT2D eigenvalue weighted by Gasteiger charge is -1.96. The van der Waals surface area contributed by atoms with Crippen molar-refractivity contribution in [2.75, 3.05) is 17.6 Å². The minimum Gasteiger partial charge on any atom is -0.360 e. The van der Waals surface area contributed by atoms with Crippen LogP contribution in [0.3, 0.4) is 0 Å². The molecule has 2 rings (SSSR count). The predicted molar refractivity (Wildman–Crippen MR) is 79.2 cm³/mol. The Bertz CT molecular complexity index is 549. The molecule has 2 heterocycles. The number of hydrogen-bond donors (Lipinski definition) is 1. The normalized spacial score (nSPS) is 10.6. The van der Waals surface area contributed by atoms with Gasteiger partial charge in [0.25, 0.3) is 0 Å². The molecule has 0 atom stereocenters. The van der Waals surface area contributed by atoms with Crippen LogP contribution in [0.25, 0.3) is 0 Å². The largest absolute Gasteiger partial charge is 0.360 e. The number of carbonyl (C=O) groups is 1. The molecule has 0 spiro atoms. The minimum atomic E-state index is 0.115. The SMILES string of the molecule is CCCNc1nnc(SCC(=O)c2ccn(C)c2)s1. The number of nitrogens with one attached hydrogen (secondary N) is 1. The van der Waals surface area contributed by atoms with Crippen LogP contribution in [0.5, 0.6) is 0 Å². The van der Waals surface area contributed by atoms with Gasteiger partial charge in [-0.25, -0.2) is 0 Å². The lowest BCUT2D eigenvalue weighted by Crippen LogP contribution is -2.00. The highest BCUT2D eigenvalue weighted by atomic mass is 32.2. The Kier molecular flexibility index (Phi) is 4.98. The van der Waals surface area contributed by atoms with E-state index in [1.807, 2.05) is 30.1 Å². The summed E-state index contributed by atoms with van der Waals surface area (Å²) in [4.78, 5) is 11.9. The highest BCUT2D eigenvalue weighted by molar-refractivity contribution is 8.01. The van der Waals surface area contributed by atoms with Crippen molar-refractivity contribution in [1.82, 2.24) is 14.8 Å². The van der Waals surface area contributed by atoms with E-state index in [0.717, 1.165) is 28.0 Å². The molecule has 7 heteroatoms. The van der Waals surface area contributed by atoms with Gasteiger partial charge >= 0.3 is 0 Å². The molecule has 0 bridgehead atoms. The number of nitrogens with zero attached hydrogens (tertiary/aromatic N) is 3. The van der Waals surface area contributed by atoms with Crippen LogP contribution < -0.4 is 5.32 Å². The summed E-state index contributed by atoms with van der Waals surface area (Å²) >= 11 is 2.92. The molecule has 0 saturated heterocycles. The molecule has 2 aromatic heterocycles. The van der Waals surface area contributed by atoms with Crippen LogP contribution >= 0.6 is 23.1 Å². The number of hydrogen-bond acceptors (Lipinski definition) is 6. The van der Waals surface area contributed by atoms with E-state index in [9.17, 15) is 4.79 Å². The molecule has 0 aliphatic carbocycles. The van der Waals surface area contributed by atoms with Crippen molar-refractivity contribution in [3.05, 3.63) is 24.0 Å². The van der Waals surface area contributed by atoms with Crippen LogP contribution in [0, 0.1) is 0 Å². The smallest absolute Gasteiger partial charge is 0.206 e. The van der Waals surface area contributed by atoms with Crippen LogP contribution in [0.2, 0.25) is 0 Å². The zero-order chi connectivity index (χ0) is 13.7. The highest BCUT2D eigenvalue weighted by Crippen LogP contribution is 2.26. The number of ketones is 1. The quantitative estimate of drug-likeness (QED) is 0.629. The van der Waals surface area contributed by atoms with Crippen molar-refractivity contribution in [1.29, 1.82) is 0 Å². The third-order valence-corrected chi connectivity index (χ3v) is 4.43. The Balaban J connectivity index is 1.85. The number of aromatic nitrogens is 3. The minimum absolute atomic E-state index is 0.115. The Morgan fingerprint density at radius 3 is 3.05 bits per heavy atom. The fourth-order valence-corrected chi connectivity index (χ4v) is 3.12. The summed E-state index contributed by atoms with van der Waals surface area (Å²) in [7, 11) is 1.90. The molecule has 0 saturated carbocycles. The van der Waals surface area contributed by atoms with Gasteiger partial charge in [0.1, 0.15) is 0 Å². The maximum Gasteiger partial charge on any atom is 0.206 e. The zero-order valence-corrected chi connectivity index (χ0v) is 12.6. The zero-order valence-electron chi connectivity index (χ0n) is 10.9. The molecule has 0 aliphatic heterocycles. The molecule has 0 aromatic carbocycles. The van der Waals surface area contributed by atoms with Crippen molar-refractivity contribution in [2.45, 2.75) is 17.7 Å². The summed E-state index contributed by atoms with van der Waals surface area (Å²) in [5.74, 6) is 0.510. The lowest BCUT2D eigenvalue weighted by atomic mass is 10.2. The van der Waals surface area contributed by atoms with Gasteiger partial charge in [0.15, 0.2) is 10.1 Å². The molecule has 102 valence electrons. The van der Waals surface area contributed by atoms with E-state index in [-0.39, 0.29) is 5.78 Å². The van der Waals surface area contributed by atoms with E-state index in [1.165, 1.54) is 23.1 Å². The van der Waals surface area contributed by atoms with Crippen LogP contribution in [-0.4, -0.2) is 32.8 Å². The maximum atomic E-state index is 11.9. The third-order valence-electron chi connectivity index (χ3n) is 2.41. The van der Waals surface area contributed by atoms with E-state index >= 15 is 0 Å². The van der Waals surface area contributed by atoms with E-state index in [2.05, 4.69) is 22.4 Å². The number of aryl methyl sites for hydroxylation is 1. The predicted octanol–water partition coefficient (Wildman–Crippen LogP) is 2.67. The fourth-order valence-electron chi connectivity index (χ4n) is 1.45.